The largest absolute Gasteiger partial charge is 0.493 e. The van der Waals surface area contributed by atoms with E-state index in [9.17, 15) is 5.11 Å². The summed E-state index contributed by atoms with van der Waals surface area (Å²) in [5, 5.41) is 18.5. The second-order valence-electron chi connectivity index (χ2n) is 5.21. The van der Waals surface area contributed by atoms with Gasteiger partial charge in [0.25, 0.3) is 0 Å². The normalized spacial score (nSPS) is 19.2. The molecule has 5 heteroatoms. The van der Waals surface area contributed by atoms with Gasteiger partial charge in [-0.1, -0.05) is 30.3 Å². The quantitative estimate of drug-likeness (QED) is 0.925. The molecule has 0 radical (unpaired) electrons. The van der Waals surface area contributed by atoms with Crippen LogP contribution >= 0.6 is 0 Å². The predicted octanol–water partition coefficient (Wildman–Crippen LogP) is 1.97. The first kappa shape index (κ1) is 13.1. The number of hydrogen-bond acceptors (Lipinski definition) is 4. The Labute approximate surface area is 118 Å². The van der Waals surface area contributed by atoms with Crippen LogP contribution in [0.5, 0.6) is 5.75 Å². The molecule has 2 atom stereocenters. The molecule has 2 unspecified atom stereocenters. The topological polar surface area (TPSA) is 60.2 Å². The lowest BCUT2D eigenvalue weighted by Crippen LogP contribution is -2.28. The number of aliphatic hydroxyl groups excluding tert-OH is 1. The van der Waals surface area contributed by atoms with E-state index < -0.39 is 6.10 Å². The minimum absolute atomic E-state index is 0.0407. The van der Waals surface area contributed by atoms with Crippen molar-refractivity contribution in [2.45, 2.75) is 32.4 Å². The first-order valence-electron chi connectivity index (χ1n) is 7.06. The van der Waals surface area contributed by atoms with E-state index >= 15 is 0 Å². The van der Waals surface area contributed by atoms with Gasteiger partial charge in [-0.05, 0) is 24.5 Å². The SMILES string of the molecule is CCCn1nncc1C(O)C1COc2ccccc2C1. The van der Waals surface area contributed by atoms with Crippen LogP contribution in [0.25, 0.3) is 0 Å². The lowest BCUT2D eigenvalue weighted by atomic mass is 9.90. The molecule has 1 aliphatic rings. The van der Waals surface area contributed by atoms with Crippen LogP contribution in [0.2, 0.25) is 0 Å². The molecule has 20 heavy (non-hydrogen) atoms. The number of benzene rings is 1. The highest BCUT2D eigenvalue weighted by Gasteiger charge is 2.29. The van der Waals surface area contributed by atoms with Gasteiger partial charge in [0.1, 0.15) is 11.9 Å². The Balaban J connectivity index is 1.78. The van der Waals surface area contributed by atoms with Gasteiger partial charge in [-0.25, -0.2) is 4.68 Å². The van der Waals surface area contributed by atoms with Gasteiger partial charge >= 0.3 is 0 Å². The number of hydrogen-bond donors (Lipinski definition) is 1. The number of ether oxygens (including phenoxy) is 1. The van der Waals surface area contributed by atoms with Crippen LogP contribution in [-0.2, 0) is 13.0 Å². The van der Waals surface area contributed by atoms with Crippen LogP contribution in [0.15, 0.2) is 30.5 Å². The molecule has 1 aromatic heterocycles. The summed E-state index contributed by atoms with van der Waals surface area (Å²) in [6.45, 7) is 3.38. The van der Waals surface area contributed by atoms with E-state index in [0.29, 0.717) is 6.61 Å². The third kappa shape index (κ3) is 2.41. The molecule has 0 bridgehead atoms. The lowest BCUT2D eigenvalue weighted by molar-refractivity contribution is 0.0578. The van der Waals surface area contributed by atoms with E-state index in [2.05, 4.69) is 23.3 Å². The van der Waals surface area contributed by atoms with Crippen molar-refractivity contribution in [1.82, 2.24) is 15.0 Å². The summed E-state index contributed by atoms with van der Waals surface area (Å²) < 4.78 is 7.53. The van der Waals surface area contributed by atoms with E-state index in [4.69, 9.17) is 4.74 Å². The molecular formula is C15H19N3O2. The van der Waals surface area contributed by atoms with Gasteiger partial charge in [0.05, 0.1) is 18.5 Å². The number of aromatic nitrogens is 3. The Kier molecular flexibility index (Phi) is 3.69. The summed E-state index contributed by atoms with van der Waals surface area (Å²) in [6, 6.07) is 7.99. The van der Waals surface area contributed by atoms with Crippen molar-refractivity contribution in [2.24, 2.45) is 5.92 Å². The van der Waals surface area contributed by atoms with E-state index in [1.165, 1.54) is 0 Å². The maximum atomic E-state index is 10.6. The van der Waals surface area contributed by atoms with Crippen molar-refractivity contribution < 1.29 is 9.84 Å². The second-order valence-corrected chi connectivity index (χ2v) is 5.21. The summed E-state index contributed by atoms with van der Waals surface area (Å²) in [6.07, 6.45) is 2.84. The Hall–Kier alpha value is -1.88. The monoisotopic (exact) mass is 273 g/mol. The van der Waals surface area contributed by atoms with Crippen LogP contribution in [0.3, 0.4) is 0 Å². The van der Waals surface area contributed by atoms with Crippen molar-refractivity contribution in [3.05, 3.63) is 41.7 Å². The first-order valence-corrected chi connectivity index (χ1v) is 7.06. The van der Waals surface area contributed by atoms with Gasteiger partial charge in [0.15, 0.2) is 0 Å². The van der Waals surface area contributed by atoms with Gasteiger partial charge in [0, 0.05) is 12.5 Å². The lowest BCUT2D eigenvalue weighted by Gasteiger charge is -2.28. The molecule has 0 saturated heterocycles. The predicted molar refractivity (Wildman–Crippen MR) is 74.4 cm³/mol. The average molecular weight is 273 g/mol. The maximum absolute atomic E-state index is 10.6. The fourth-order valence-corrected chi connectivity index (χ4v) is 2.68. The maximum Gasteiger partial charge on any atom is 0.122 e. The van der Waals surface area contributed by atoms with Crippen molar-refractivity contribution in [2.75, 3.05) is 6.61 Å². The molecule has 1 N–H and O–H groups in total. The third-order valence-corrected chi connectivity index (χ3v) is 3.74. The highest BCUT2D eigenvalue weighted by atomic mass is 16.5. The second kappa shape index (κ2) is 5.63. The minimum Gasteiger partial charge on any atom is -0.493 e. The standard InChI is InChI=1S/C15H19N3O2/c1-2-7-18-13(9-16-17-18)15(19)12-8-11-5-3-4-6-14(11)20-10-12/h3-6,9,12,15,19H,2,7-8,10H2,1H3. The van der Waals surface area contributed by atoms with Crippen molar-refractivity contribution in [3.8, 4) is 5.75 Å². The summed E-state index contributed by atoms with van der Waals surface area (Å²) >= 11 is 0. The van der Waals surface area contributed by atoms with E-state index in [1.807, 2.05) is 18.2 Å². The minimum atomic E-state index is -0.593. The van der Waals surface area contributed by atoms with Crippen LogP contribution in [0.1, 0.15) is 30.7 Å². The van der Waals surface area contributed by atoms with Crippen molar-refractivity contribution in [3.63, 3.8) is 0 Å². The van der Waals surface area contributed by atoms with E-state index in [0.717, 1.165) is 36.4 Å². The molecule has 106 valence electrons. The molecule has 2 aromatic rings. The molecule has 0 amide bonds. The molecular weight excluding hydrogens is 254 g/mol. The van der Waals surface area contributed by atoms with Crippen LogP contribution in [0.4, 0.5) is 0 Å². The summed E-state index contributed by atoms with van der Waals surface area (Å²) in [5.41, 5.74) is 1.93. The van der Waals surface area contributed by atoms with Crippen LogP contribution in [-0.4, -0.2) is 26.7 Å². The molecule has 5 nitrogen and oxygen atoms in total. The Bertz CT molecular complexity index is 582. The Morgan fingerprint density at radius 3 is 3.15 bits per heavy atom. The van der Waals surface area contributed by atoms with Gasteiger partial charge in [-0.2, -0.15) is 0 Å². The molecule has 1 aromatic carbocycles. The van der Waals surface area contributed by atoms with Crippen molar-refractivity contribution >= 4 is 0 Å². The first-order chi connectivity index (χ1) is 9.79. The zero-order chi connectivity index (χ0) is 13.9. The summed E-state index contributed by atoms with van der Waals surface area (Å²) in [4.78, 5) is 0. The zero-order valence-corrected chi connectivity index (χ0v) is 11.6. The summed E-state index contributed by atoms with van der Waals surface area (Å²) in [7, 11) is 0. The number of fused-ring (bicyclic) bond motifs is 1. The molecule has 0 fully saturated rings. The third-order valence-electron chi connectivity index (χ3n) is 3.74. The molecule has 2 heterocycles. The van der Waals surface area contributed by atoms with Crippen molar-refractivity contribution in [1.29, 1.82) is 0 Å². The number of rotatable bonds is 4. The van der Waals surface area contributed by atoms with E-state index in [1.54, 1.807) is 10.9 Å². The van der Waals surface area contributed by atoms with Gasteiger partial charge in [0.2, 0.25) is 0 Å². The highest BCUT2D eigenvalue weighted by molar-refractivity contribution is 5.35. The Morgan fingerprint density at radius 2 is 2.30 bits per heavy atom. The number of nitrogens with zero attached hydrogens (tertiary/aromatic N) is 3. The van der Waals surface area contributed by atoms with Crippen LogP contribution in [0, 0.1) is 5.92 Å². The number of aryl methyl sites for hydroxylation is 1. The molecule has 0 saturated carbocycles. The fraction of sp³-hybridized carbons (Fsp3) is 0.467. The average Bonchev–Trinajstić information content (AvgIpc) is 2.94. The van der Waals surface area contributed by atoms with Gasteiger partial charge < -0.3 is 9.84 Å². The summed E-state index contributed by atoms with van der Waals surface area (Å²) in [5.74, 6) is 0.968. The van der Waals surface area contributed by atoms with Crippen LogP contribution < -0.4 is 4.74 Å². The Morgan fingerprint density at radius 1 is 1.45 bits per heavy atom. The molecule has 0 aliphatic carbocycles. The molecule has 1 aliphatic heterocycles. The highest BCUT2D eigenvalue weighted by Crippen LogP contribution is 2.33. The molecule has 3 rings (SSSR count). The van der Waals surface area contributed by atoms with Gasteiger partial charge in [-0.15, -0.1) is 5.10 Å². The number of para-hydroxylation sites is 1. The smallest absolute Gasteiger partial charge is 0.122 e. The fourth-order valence-electron chi connectivity index (χ4n) is 2.68. The number of aliphatic hydroxyl groups is 1. The molecule has 0 spiro atoms. The zero-order valence-electron chi connectivity index (χ0n) is 11.6. The van der Waals surface area contributed by atoms with Gasteiger partial charge in [-0.3, -0.25) is 0 Å². The van der Waals surface area contributed by atoms with E-state index in [-0.39, 0.29) is 5.92 Å².